The van der Waals surface area contributed by atoms with Gasteiger partial charge < -0.3 is 24.5 Å². The molecule has 1 unspecified atom stereocenters. The van der Waals surface area contributed by atoms with Gasteiger partial charge in [0.25, 0.3) is 0 Å². The Hall–Kier alpha value is -5.06. The van der Waals surface area contributed by atoms with E-state index in [0.717, 1.165) is 46.8 Å². The van der Waals surface area contributed by atoms with Gasteiger partial charge in [0, 0.05) is 41.9 Å². The van der Waals surface area contributed by atoms with E-state index in [4.69, 9.17) is 13.9 Å². The first kappa shape index (κ1) is 33.8. The van der Waals surface area contributed by atoms with E-state index >= 15 is 0 Å². The quantitative estimate of drug-likeness (QED) is 0.111. The molecule has 0 radical (unpaired) electrons. The molecule has 0 spiro atoms. The Morgan fingerprint density at radius 1 is 1.00 bits per heavy atom. The highest BCUT2D eigenvalue weighted by molar-refractivity contribution is 6.04. The normalized spacial score (nSPS) is 12.3. The van der Waals surface area contributed by atoms with E-state index in [-0.39, 0.29) is 24.8 Å². The van der Waals surface area contributed by atoms with E-state index in [0.29, 0.717) is 36.8 Å². The topological polar surface area (TPSA) is 103 Å². The Morgan fingerprint density at radius 3 is 2.35 bits per heavy atom. The largest absolute Gasteiger partial charge is 0.493 e. The summed E-state index contributed by atoms with van der Waals surface area (Å²) in [6.45, 7) is 6.08. The molecule has 0 fully saturated rings. The lowest BCUT2D eigenvalue weighted by molar-refractivity contribution is -0.137. The van der Waals surface area contributed by atoms with Crippen LogP contribution in [-0.4, -0.2) is 42.7 Å². The number of carbonyl (C=O) groups excluding carboxylic acids is 2. The third kappa shape index (κ3) is 9.98. The van der Waals surface area contributed by atoms with Crippen molar-refractivity contribution in [3.05, 3.63) is 119 Å². The molecule has 1 aromatic heterocycles. The number of nitrogens with zero attached hydrogens (tertiary/aromatic N) is 1. The van der Waals surface area contributed by atoms with Gasteiger partial charge in [-0.25, -0.2) is 9.78 Å². The number of aryl methyl sites for hydroxylation is 1. The van der Waals surface area contributed by atoms with Gasteiger partial charge in [-0.05, 0) is 69.2 Å². The van der Waals surface area contributed by atoms with Gasteiger partial charge in [-0.2, -0.15) is 13.2 Å². The Balaban J connectivity index is 1.35. The molecule has 2 N–H and O–H groups in total. The average Bonchev–Trinajstić information content (AvgIpc) is 3.41. The van der Waals surface area contributed by atoms with Crippen LogP contribution in [0.25, 0.3) is 11.5 Å². The molecule has 242 valence electrons. The molecule has 8 nitrogen and oxygen atoms in total. The highest BCUT2D eigenvalue weighted by Crippen LogP contribution is 2.29. The zero-order valence-electron chi connectivity index (χ0n) is 25.8. The van der Waals surface area contributed by atoms with Crippen LogP contribution >= 0.6 is 0 Å². The summed E-state index contributed by atoms with van der Waals surface area (Å²) < 4.78 is 55.4. The summed E-state index contributed by atoms with van der Waals surface area (Å²) >= 11 is 0. The van der Waals surface area contributed by atoms with Crippen LogP contribution < -0.4 is 15.4 Å². The average molecular weight is 636 g/mol. The van der Waals surface area contributed by atoms with Gasteiger partial charge in [0.2, 0.25) is 5.89 Å². The number of oxazole rings is 1. The number of hydrogen-bond acceptors (Lipinski definition) is 7. The standard InChI is InChI=1S/C35H36F3N3O5/c1-4-44-34(43)39-22-29(40-23(2)20-32(42)26-12-14-28(15-13-26)35(36,37)38)21-25-10-16-30(17-11-25)45-19-18-31-24(3)46-33(41-31)27-8-6-5-7-9-27/h5-17,20,29,40H,4,18-19,21-22H2,1-3H3,(H,39,43)/b23-20+. The van der Waals surface area contributed by atoms with Crippen molar-refractivity contribution in [3.63, 3.8) is 0 Å². The number of amides is 1. The minimum Gasteiger partial charge on any atom is -0.493 e. The van der Waals surface area contributed by atoms with Crippen molar-refractivity contribution in [2.24, 2.45) is 0 Å². The fourth-order valence-corrected chi connectivity index (χ4v) is 4.67. The van der Waals surface area contributed by atoms with Crippen LogP contribution in [0.3, 0.4) is 0 Å². The van der Waals surface area contributed by atoms with Crippen molar-refractivity contribution in [2.45, 2.75) is 45.8 Å². The van der Waals surface area contributed by atoms with Crippen LogP contribution in [0.5, 0.6) is 5.75 Å². The van der Waals surface area contributed by atoms with Crippen molar-refractivity contribution in [1.29, 1.82) is 0 Å². The molecule has 11 heteroatoms. The molecule has 46 heavy (non-hydrogen) atoms. The molecule has 1 heterocycles. The number of carbonyl (C=O) groups is 2. The van der Waals surface area contributed by atoms with Crippen molar-refractivity contribution >= 4 is 11.9 Å². The monoisotopic (exact) mass is 635 g/mol. The van der Waals surface area contributed by atoms with Crippen LogP contribution in [0.1, 0.15) is 46.8 Å². The van der Waals surface area contributed by atoms with E-state index in [1.165, 1.54) is 6.08 Å². The second-order valence-corrected chi connectivity index (χ2v) is 10.5. The van der Waals surface area contributed by atoms with Gasteiger partial charge in [-0.15, -0.1) is 0 Å². The zero-order valence-corrected chi connectivity index (χ0v) is 25.8. The Bertz CT molecular complexity index is 1620. The smallest absolute Gasteiger partial charge is 0.416 e. The lowest BCUT2D eigenvalue weighted by atomic mass is 10.0. The molecular formula is C35H36F3N3O5. The first-order chi connectivity index (χ1) is 22.0. The molecule has 0 saturated heterocycles. The SMILES string of the molecule is CCOC(=O)NCC(Cc1ccc(OCCc2nc(-c3ccccc3)oc2C)cc1)N/C(C)=C/C(=O)c1ccc(C(F)(F)F)cc1. The molecule has 0 bridgehead atoms. The first-order valence-electron chi connectivity index (χ1n) is 14.8. The molecule has 3 aromatic carbocycles. The number of allylic oxidation sites excluding steroid dienone is 2. The van der Waals surface area contributed by atoms with Crippen LogP contribution in [-0.2, 0) is 23.8 Å². The van der Waals surface area contributed by atoms with Gasteiger partial charge in [0.05, 0.1) is 24.5 Å². The maximum atomic E-state index is 12.9. The Labute approximate surface area is 265 Å². The molecule has 1 amide bonds. The Kier molecular flexibility index (Phi) is 11.6. The number of halogens is 3. The molecule has 0 saturated carbocycles. The van der Waals surface area contributed by atoms with Gasteiger partial charge in [0.15, 0.2) is 5.78 Å². The number of rotatable bonds is 14. The van der Waals surface area contributed by atoms with E-state index in [1.54, 1.807) is 13.8 Å². The van der Waals surface area contributed by atoms with Crippen molar-refractivity contribution in [2.75, 3.05) is 19.8 Å². The van der Waals surface area contributed by atoms with Gasteiger partial charge >= 0.3 is 12.3 Å². The summed E-state index contributed by atoms with van der Waals surface area (Å²) in [7, 11) is 0. The first-order valence-corrected chi connectivity index (χ1v) is 14.8. The molecule has 4 aromatic rings. The summed E-state index contributed by atoms with van der Waals surface area (Å²) in [5.41, 5.74) is 2.47. The van der Waals surface area contributed by atoms with Gasteiger partial charge in [-0.3, -0.25) is 4.79 Å². The van der Waals surface area contributed by atoms with Crippen LogP contribution in [0.15, 0.2) is 95.1 Å². The number of nitrogens with one attached hydrogen (secondary N) is 2. The van der Waals surface area contributed by atoms with E-state index < -0.39 is 23.6 Å². The molecule has 4 rings (SSSR count). The molecular weight excluding hydrogens is 599 g/mol. The third-order valence-corrected chi connectivity index (χ3v) is 6.97. The highest BCUT2D eigenvalue weighted by Gasteiger charge is 2.30. The third-order valence-electron chi connectivity index (χ3n) is 6.97. The maximum absolute atomic E-state index is 12.9. The predicted molar refractivity (Wildman–Crippen MR) is 168 cm³/mol. The fraction of sp³-hybridized carbons (Fsp3) is 0.286. The number of hydrogen-bond donors (Lipinski definition) is 2. The van der Waals surface area contributed by atoms with Crippen LogP contribution in [0, 0.1) is 6.92 Å². The predicted octanol–water partition coefficient (Wildman–Crippen LogP) is 7.32. The second-order valence-electron chi connectivity index (χ2n) is 10.5. The minimum atomic E-state index is -4.48. The summed E-state index contributed by atoms with van der Waals surface area (Å²) in [5, 5.41) is 5.93. The van der Waals surface area contributed by atoms with Gasteiger partial charge in [0.1, 0.15) is 11.5 Å². The number of alkyl carbamates (subject to hydrolysis) is 1. The highest BCUT2D eigenvalue weighted by atomic mass is 19.4. The number of ketones is 1. The van der Waals surface area contributed by atoms with E-state index in [1.807, 2.05) is 61.5 Å². The number of aromatic nitrogens is 1. The van der Waals surface area contributed by atoms with E-state index in [2.05, 4.69) is 15.6 Å². The molecule has 0 aliphatic carbocycles. The summed E-state index contributed by atoms with van der Waals surface area (Å²) in [4.78, 5) is 29.3. The summed E-state index contributed by atoms with van der Waals surface area (Å²) in [6.07, 6.45) is -2.68. The lowest BCUT2D eigenvalue weighted by Gasteiger charge is -2.21. The zero-order chi connectivity index (χ0) is 33.1. The fourth-order valence-electron chi connectivity index (χ4n) is 4.67. The Morgan fingerprint density at radius 2 is 1.70 bits per heavy atom. The van der Waals surface area contributed by atoms with Crippen LogP contribution in [0.2, 0.25) is 0 Å². The molecule has 0 aliphatic heterocycles. The number of benzene rings is 3. The summed E-state index contributed by atoms with van der Waals surface area (Å²) in [6, 6.07) is 20.9. The molecule has 1 atom stereocenters. The number of alkyl halides is 3. The number of ether oxygens (including phenoxy) is 2. The molecule has 0 aliphatic rings. The van der Waals surface area contributed by atoms with E-state index in [9.17, 15) is 22.8 Å². The minimum absolute atomic E-state index is 0.126. The van der Waals surface area contributed by atoms with Crippen molar-refractivity contribution < 1.29 is 36.7 Å². The van der Waals surface area contributed by atoms with Crippen molar-refractivity contribution in [1.82, 2.24) is 15.6 Å². The second kappa shape index (κ2) is 15.8. The van der Waals surface area contributed by atoms with Crippen molar-refractivity contribution in [3.8, 4) is 17.2 Å². The summed E-state index contributed by atoms with van der Waals surface area (Å²) in [5.74, 6) is 1.56. The van der Waals surface area contributed by atoms with Gasteiger partial charge in [-0.1, -0.05) is 42.5 Å². The lowest BCUT2D eigenvalue weighted by Crippen LogP contribution is -2.41. The van der Waals surface area contributed by atoms with Crippen LogP contribution in [0.4, 0.5) is 18.0 Å². The maximum Gasteiger partial charge on any atom is 0.416 e.